The first-order chi connectivity index (χ1) is 9.23. The second-order valence-electron chi connectivity index (χ2n) is 7.14. The molecule has 1 aliphatic carbocycles. The van der Waals surface area contributed by atoms with Crippen molar-refractivity contribution in [3.8, 4) is 0 Å². The van der Waals surface area contributed by atoms with Crippen LogP contribution in [0.25, 0.3) is 0 Å². The van der Waals surface area contributed by atoms with E-state index in [1.165, 1.54) is 4.90 Å². The number of urea groups is 1. The molecule has 5 heteroatoms. The highest BCUT2D eigenvalue weighted by molar-refractivity contribution is 6.16. The van der Waals surface area contributed by atoms with E-state index in [0.29, 0.717) is 0 Å². The summed E-state index contributed by atoms with van der Waals surface area (Å²) < 4.78 is 0. The summed E-state index contributed by atoms with van der Waals surface area (Å²) in [6.07, 6.45) is 3.77. The van der Waals surface area contributed by atoms with E-state index in [9.17, 15) is 14.4 Å². The lowest BCUT2D eigenvalue weighted by molar-refractivity contribution is -0.146. The van der Waals surface area contributed by atoms with E-state index in [4.69, 9.17) is 0 Å². The van der Waals surface area contributed by atoms with Gasteiger partial charge in [-0.3, -0.25) is 19.8 Å². The van der Waals surface area contributed by atoms with E-state index in [-0.39, 0.29) is 23.3 Å². The van der Waals surface area contributed by atoms with Gasteiger partial charge < -0.3 is 0 Å². The van der Waals surface area contributed by atoms with Crippen molar-refractivity contribution in [2.45, 2.75) is 59.4 Å². The zero-order valence-electron chi connectivity index (χ0n) is 12.7. The Morgan fingerprint density at radius 3 is 2.45 bits per heavy atom. The largest absolute Gasteiger partial charge is 0.331 e. The lowest BCUT2D eigenvalue weighted by Gasteiger charge is -2.43. The molecule has 2 aliphatic rings. The van der Waals surface area contributed by atoms with E-state index in [1.807, 2.05) is 13.8 Å². The number of carbonyl (C=O) groups is 3. The third-order valence-corrected chi connectivity index (χ3v) is 4.45. The maximum atomic E-state index is 12.5. The molecule has 4 amide bonds. The Morgan fingerprint density at radius 2 is 1.90 bits per heavy atom. The number of nitrogens with zero attached hydrogens (tertiary/aromatic N) is 1. The lowest BCUT2D eigenvalue weighted by Crippen LogP contribution is -2.62. The van der Waals surface area contributed by atoms with Gasteiger partial charge in [0.2, 0.25) is 11.8 Å². The summed E-state index contributed by atoms with van der Waals surface area (Å²) in [5, 5.41) is 2.34. The van der Waals surface area contributed by atoms with Gasteiger partial charge in [0.25, 0.3) is 0 Å². The van der Waals surface area contributed by atoms with Crippen LogP contribution in [0.3, 0.4) is 0 Å². The van der Waals surface area contributed by atoms with Crippen LogP contribution in [0.5, 0.6) is 0 Å². The highest BCUT2D eigenvalue weighted by Gasteiger charge is 2.46. The van der Waals surface area contributed by atoms with E-state index in [2.05, 4.69) is 19.2 Å². The fourth-order valence-corrected chi connectivity index (χ4v) is 3.42. The van der Waals surface area contributed by atoms with Gasteiger partial charge in [-0.25, -0.2) is 4.79 Å². The van der Waals surface area contributed by atoms with Gasteiger partial charge in [-0.1, -0.05) is 34.1 Å². The van der Waals surface area contributed by atoms with Crippen molar-refractivity contribution in [3.63, 3.8) is 0 Å². The van der Waals surface area contributed by atoms with Crippen molar-refractivity contribution >= 4 is 17.8 Å². The predicted octanol–water partition coefficient (Wildman–Crippen LogP) is 2.31. The highest BCUT2D eigenvalue weighted by atomic mass is 16.2. The minimum atomic E-state index is -0.738. The van der Waals surface area contributed by atoms with E-state index >= 15 is 0 Å². The number of carbonyl (C=O) groups excluding carboxylic acids is 3. The Morgan fingerprint density at radius 1 is 1.25 bits per heavy atom. The van der Waals surface area contributed by atoms with Crippen molar-refractivity contribution in [3.05, 3.63) is 0 Å². The Bertz CT molecular complexity index is 442. The monoisotopic (exact) mass is 280 g/mol. The minimum Gasteiger partial charge on any atom is -0.277 e. The first-order valence-corrected chi connectivity index (χ1v) is 7.41. The number of nitrogens with one attached hydrogen (secondary N) is 1. The Kier molecular flexibility index (Phi) is 3.89. The maximum Gasteiger partial charge on any atom is 0.331 e. The van der Waals surface area contributed by atoms with Crippen LogP contribution in [0.2, 0.25) is 0 Å². The van der Waals surface area contributed by atoms with Crippen LogP contribution in [0.4, 0.5) is 4.79 Å². The number of barbiturate groups is 1. The molecule has 1 saturated heterocycles. The summed E-state index contributed by atoms with van der Waals surface area (Å²) in [4.78, 5) is 37.8. The number of imide groups is 2. The van der Waals surface area contributed by atoms with Gasteiger partial charge >= 0.3 is 6.03 Å². The minimum absolute atomic E-state index is 0.0828. The van der Waals surface area contributed by atoms with Gasteiger partial charge in [0.15, 0.2) is 0 Å². The zero-order chi connectivity index (χ0) is 15.1. The second kappa shape index (κ2) is 5.19. The first kappa shape index (κ1) is 15.0. The SMILES string of the molecule is CC(C)C1C(=O)NC(=O)N(C2CCCC(C)(C)C2)C1=O. The molecule has 5 nitrogen and oxygen atoms in total. The van der Waals surface area contributed by atoms with Gasteiger partial charge in [0, 0.05) is 6.04 Å². The summed E-state index contributed by atoms with van der Waals surface area (Å²) in [7, 11) is 0. The van der Waals surface area contributed by atoms with Crippen LogP contribution >= 0.6 is 0 Å². The normalized spacial score (nSPS) is 30.6. The van der Waals surface area contributed by atoms with Gasteiger partial charge in [0.1, 0.15) is 5.92 Å². The second-order valence-corrected chi connectivity index (χ2v) is 7.14. The quantitative estimate of drug-likeness (QED) is 0.789. The van der Waals surface area contributed by atoms with Gasteiger partial charge in [-0.15, -0.1) is 0 Å². The molecule has 0 radical (unpaired) electrons. The van der Waals surface area contributed by atoms with Crippen molar-refractivity contribution in [1.82, 2.24) is 10.2 Å². The molecule has 1 aliphatic heterocycles. The lowest BCUT2D eigenvalue weighted by atomic mass is 9.74. The molecule has 1 N–H and O–H groups in total. The van der Waals surface area contributed by atoms with Crippen LogP contribution in [0, 0.1) is 17.3 Å². The van der Waals surface area contributed by atoms with Crippen LogP contribution in [0.15, 0.2) is 0 Å². The van der Waals surface area contributed by atoms with Crippen LogP contribution in [-0.2, 0) is 9.59 Å². The van der Waals surface area contributed by atoms with Gasteiger partial charge in [0.05, 0.1) is 0 Å². The summed E-state index contributed by atoms with van der Waals surface area (Å²) in [6.45, 7) is 8.00. The van der Waals surface area contributed by atoms with Crippen LogP contribution in [0.1, 0.15) is 53.4 Å². The zero-order valence-corrected chi connectivity index (χ0v) is 12.7. The molecule has 2 rings (SSSR count). The summed E-state index contributed by atoms with van der Waals surface area (Å²) >= 11 is 0. The number of hydrogen-bond donors (Lipinski definition) is 1. The van der Waals surface area contributed by atoms with Crippen molar-refractivity contribution in [2.24, 2.45) is 17.3 Å². The van der Waals surface area contributed by atoms with Crippen molar-refractivity contribution in [1.29, 1.82) is 0 Å². The maximum absolute atomic E-state index is 12.5. The molecule has 112 valence electrons. The molecule has 20 heavy (non-hydrogen) atoms. The highest BCUT2D eigenvalue weighted by Crippen LogP contribution is 2.38. The first-order valence-electron chi connectivity index (χ1n) is 7.41. The van der Waals surface area contributed by atoms with E-state index in [1.54, 1.807) is 0 Å². The molecule has 1 heterocycles. The van der Waals surface area contributed by atoms with Crippen molar-refractivity contribution in [2.75, 3.05) is 0 Å². The van der Waals surface area contributed by atoms with Crippen LogP contribution < -0.4 is 5.32 Å². The Balaban J connectivity index is 2.23. The van der Waals surface area contributed by atoms with E-state index in [0.717, 1.165) is 25.7 Å². The molecule has 1 saturated carbocycles. The number of rotatable bonds is 2. The molecule has 0 aromatic carbocycles. The Hall–Kier alpha value is -1.39. The number of amides is 4. The van der Waals surface area contributed by atoms with Gasteiger partial charge in [-0.2, -0.15) is 0 Å². The molecule has 0 bridgehead atoms. The number of hydrogen-bond acceptors (Lipinski definition) is 3. The summed E-state index contributed by atoms with van der Waals surface area (Å²) in [6, 6.07) is -0.625. The fraction of sp³-hybridized carbons (Fsp3) is 0.800. The third-order valence-electron chi connectivity index (χ3n) is 4.45. The smallest absolute Gasteiger partial charge is 0.277 e. The summed E-state index contributed by atoms with van der Waals surface area (Å²) in [5.41, 5.74) is 0.137. The van der Waals surface area contributed by atoms with Crippen molar-refractivity contribution < 1.29 is 14.4 Å². The molecule has 2 fully saturated rings. The predicted molar refractivity (Wildman–Crippen MR) is 74.7 cm³/mol. The van der Waals surface area contributed by atoms with Gasteiger partial charge in [-0.05, 0) is 30.6 Å². The molecule has 0 aromatic rings. The molecule has 0 spiro atoms. The summed E-state index contributed by atoms with van der Waals surface area (Å²) in [5.74, 6) is -1.62. The average Bonchev–Trinajstić information content (AvgIpc) is 2.25. The fourth-order valence-electron chi connectivity index (χ4n) is 3.42. The standard InChI is InChI=1S/C15H24N2O3/c1-9(2)11-12(18)16-14(20)17(13(11)19)10-6-5-7-15(3,4)8-10/h9-11H,5-8H2,1-4H3,(H,16,18,20). The van der Waals surface area contributed by atoms with Crippen LogP contribution in [-0.4, -0.2) is 28.8 Å². The molecule has 0 aromatic heterocycles. The Labute approximate surface area is 120 Å². The average molecular weight is 280 g/mol. The molecular formula is C15H24N2O3. The molecular weight excluding hydrogens is 256 g/mol. The molecule has 2 unspecified atom stereocenters. The topological polar surface area (TPSA) is 66.5 Å². The third kappa shape index (κ3) is 2.72. The molecule has 2 atom stereocenters. The van der Waals surface area contributed by atoms with E-state index < -0.39 is 17.9 Å².